The maximum absolute atomic E-state index is 14.9. The van der Waals surface area contributed by atoms with Gasteiger partial charge in [-0.15, -0.1) is 0 Å². The van der Waals surface area contributed by atoms with Crippen molar-refractivity contribution < 1.29 is 57.0 Å². The molecule has 0 aliphatic carbocycles. The smallest absolute Gasteiger partial charge is 0.335 e. The Bertz CT molecular complexity index is 4910. The zero-order valence-electron chi connectivity index (χ0n) is 63.7. The van der Waals surface area contributed by atoms with Crippen molar-refractivity contribution >= 4 is 100 Å². The number of amides is 2. The average molecular weight is 1700 g/mol. The third-order valence-corrected chi connectivity index (χ3v) is 23.8. The molecule has 16 nitrogen and oxygen atoms in total. The Labute approximate surface area is 678 Å². The Balaban J connectivity index is 0.000000179. The molecule has 3 saturated heterocycles. The Morgan fingerprint density at radius 3 is 1.03 bits per heavy atom. The van der Waals surface area contributed by atoms with Crippen LogP contribution < -0.4 is 0 Å². The van der Waals surface area contributed by atoms with Gasteiger partial charge in [0.05, 0.1) is 30.3 Å². The molecule has 2 amide bonds. The topological polar surface area (TPSA) is 214 Å². The van der Waals surface area contributed by atoms with Crippen LogP contribution in [0.1, 0.15) is 143 Å². The number of hydrogen-bond donors (Lipinski definition) is 1. The first-order chi connectivity index (χ1) is 53.6. The number of likely N-dealkylation sites (N-methyl/N-ethyl adjacent to an activating group) is 2. The normalized spacial score (nSPS) is 18.8. The first kappa shape index (κ1) is 84.5. The summed E-state index contributed by atoms with van der Waals surface area (Å²) in [5.41, 5.74) is 6.66. The third kappa shape index (κ3) is 19.4. The molecule has 9 aromatic carbocycles. The fraction of sp³-hybridized carbons (Fsp3) is 0.297. The number of likely N-dealkylation sites (tertiary alicyclic amines) is 3. The number of halogens is 5. The molecule has 0 radical (unpaired) electrons. The van der Waals surface area contributed by atoms with E-state index in [0.29, 0.717) is 73.2 Å². The quantitative estimate of drug-likeness (QED) is 0.0625. The molecule has 21 heteroatoms. The lowest BCUT2D eigenvalue weighted by Gasteiger charge is -2.43. The van der Waals surface area contributed by atoms with Crippen molar-refractivity contribution in [2.75, 3.05) is 87.1 Å². The summed E-state index contributed by atoms with van der Waals surface area (Å²) in [4.78, 5) is 131. The van der Waals surface area contributed by atoms with Crippen LogP contribution in [0.5, 0.6) is 0 Å². The highest BCUT2D eigenvalue weighted by atomic mass is 79.9. The summed E-state index contributed by atoms with van der Waals surface area (Å²) < 4.78 is 31.7. The molecule has 0 spiro atoms. The number of carbonyl (C=O) groups excluding carboxylic acids is 8. The largest absolute Gasteiger partial charge is 0.478 e. The standard InChI is InChI=1S/C31H29BrFN3O3.C31H32N2O5.C29H28Br2FNO2/c1-19-21(12-8-14-27(19)33)29-24(30(38)22-10-5-4-9-20(22)15-34)16-36(18-28(37)35(2)3)17-25(29)31(39)23-11-6-7-13-26(23)32;1-20-23(15-10-16-24(20)31(37)38)28-25(29(35)21-11-6-4-7-12-21)17-33(19-27(34)32(2)3)18-26(28)30(36)22-13-8-5-9-14-22;1-3-15-33-16-22(28(34)20-9-4-6-12-24(20)30)27(19-11-8-14-26(32)18(19)2)23(17-33)29(35)21-10-5-7-13-25(21)31/h4-14,24-25,29H,16-18H2,1-3H3;4-16,25-26,28H,17-19H2,1-3H3,(H,37,38);4-14,22-23,27H,3,15-17H2,1-2H3/t24-,25-,29+;25-,26-;22-,23-/m000/s1. The van der Waals surface area contributed by atoms with E-state index in [-0.39, 0.29) is 108 Å². The zero-order valence-corrected chi connectivity index (χ0v) is 68.4. The summed E-state index contributed by atoms with van der Waals surface area (Å²) in [6, 6.07) is 63.0. The number of nitrogens with zero attached hydrogens (tertiary/aromatic N) is 6. The van der Waals surface area contributed by atoms with Crippen molar-refractivity contribution in [2.24, 2.45) is 35.5 Å². The van der Waals surface area contributed by atoms with E-state index in [2.05, 4.69) is 65.7 Å². The predicted octanol–water partition coefficient (Wildman–Crippen LogP) is 16.9. The lowest BCUT2D eigenvalue weighted by molar-refractivity contribution is -0.131. The molecule has 3 aliphatic rings. The van der Waals surface area contributed by atoms with Crippen molar-refractivity contribution in [2.45, 2.75) is 51.9 Å². The van der Waals surface area contributed by atoms with E-state index < -0.39 is 65.0 Å². The molecule has 112 heavy (non-hydrogen) atoms. The van der Waals surface area contributed by atoms with E-state index in [1.165, 1.54) is 28.0 Å². The highest BCUT2D eigenvalue weighted by molar-refractivity contribution is 9.11. The zero-order chi connectivity index (χ0) is 80.8. The maximum atomic E-state index is 14.9. The molecule has 578 valence electrons. The molecular weight excluding hydrogens is 1610 g/mol. The summed E-state index contributed by atoms with van der Waals surface area (Å²) in [7, 11) is 6.66. The number of ketones is 6. The number of benzene rings is 9. The molecule has 3 heterocycles. The van der Waals surface area contributed by atoms with Gasteiger partial charge < -0.3 is 19.8 Å². The van der Waals surface area contributed by atoms with Crippen molar-refractivity contribution in [3.8, 4) is 6.07 Å². The van der Waals surface area contributed by atoms with Gasteiger partial charge in [-0.25, -0.2) is 13.6 Å². The van der Waals surface area contributed by atoms with E-state index in [1.54, 1.807) is 164 Å². The van der Waals surface area contributed by atoms with E-state index in [1.807, 2.05) is 88.7 Å². The lowest BCUT2D eigenvalue weighted by atomic mass is 9.67. The van der Waals surface area contributed by atoms with Crippen molar-refractivity contribution in [3.63, 3.8) is 0 Å². The first-order valence-electron chi connectivity index (χ1n) is 37.1. The van der Waals surface area contributed by atoms with Crippen LogP contribution >= 0.6 is 47.8 Å². The lowest BCUT2D eigenvalue weighted by Crippen LogP contribution is -2.52. The second-order valence-corrected chi connectivity index (χ2v) is 31.8. The van der Waals surface area contributed by atoms with Crippen LogP contribution in [-0.2, 0) is 9.59 Å². The van der Waals surface area contributed by atoms with Crippen LogP contribution in [0.25, 0.3) is 0 Å². The Hall–Kier alpha value is -9.92. The highest BCUT2D eigenvalue weighted by Gasteiger charge is 2.50. The Morgan fingerprint density at radius 1 is 0.393 bits per heavy atom. The molecule has 1 N–H and O–H groups in total. The molecular formula is C91H89Br3F2N6O10. The minimum atomic E-state index is -1.06. The van der Waals surface area contributed by atoms with Gasteiger partial charge in [0, 0.05) is 168 Å². The number of piperidine rings is 3. The van der Waals surface area contributed by atoms with Gasteiger partial charge in [0.25, 0.3) is 0 Å². The number of rotatable bonds is 22. The second kappa shape index (κ2) is 38.5. The van der Waals surface area contributed by atoms with Gasteiger partial charge in [-0.1, -0.05) is 225 Å². The van der Waals surface area contributed by atoms with Crippen LogP contribution in [0.3, 0.4) is 0 Å². The van der Waals surface area contributed by atoms with Crippen molar-refractivity contribution in [3.05, 3.63) is 315 Å². The van der Waals surface area contributed by atoms with Crippen molar-refractivity contribution in [1.82, 2.24) is 24.5 Å². The predicted molar refractivity (Wildman–Crippen MR) is 439 cm³/mol. The maximum Gasteiger partial charge on any atom is 0.335 e. The summed E-state index contributed by atoms with van der Waals surface area (Å²) >= 11 is 10.6. The van der Waals surface area contributed by atoms with E-state index in [9.17, 15) is 62.3 Å². The monoisotopic (exact) mass is 1700 g/mol. The van der Waals surface area contributed by atoms with Crippen LogP contribution in [-0.4, -0.2) is 169 Å². The fourth-order valence-corrected chi connectivity index (χ4v) is 17.5. The number of hydrogen-bond acceptors (Lipinski definition) is 13. The summed E-state index contributed by atoms with van der Waals surface area (Å²) in [5, 5.41) is 19.5. The number of nitriles is 1. The van der Waals surface area contributed by atoms with Gasteiger partial charge in [-0.2, -0.15) is 5.26 Å². The Morgan fingerprint density at radius 2 is 0.688 bits per heavy atom. The van der Waals surface area contributed by atoms with E-state index >= 15 is 0 Å². The van der Waals surface area contributed by atoms with Gasteiger partial charge in [0.15, 0.2) is 34.7 Å². The molecule has 7 atom stereocenters. The average Bonchev–Trinajstić information content (AvgIpc) is 0.767. The van der Waals surface area contributed by atoms with Crippen LogP contribution in [0.4, 0.5) is 8.78 Å². The number of carbonyl (C=O) groups is 9. The van der Waals surface area contributed by atoms with Gasteiger partial charge in [0.1, 0.15) is 11.6 Å². The number of Topliss-reactive ketones (excluding diaryl/α,β-unsaturated/α-hetero) is 6. The molecule has 12 rings (SSSR count). The van der Waals surface area contributed by atoms with E-state index in [4.69, 9.17) is 0 Å². The van der Waals surface area contributed by atoms with Gasteiger partial charge in [0.2, 0.25) is 11.8 Å². The highest BCUT2D eigenvalue weighted by Crippen LogP contribution is 2.47. The molecule has 0 saturated carbocycles. The van der Waals surface area contributed by atoms with Gasteiger partial charge >= 0.3 is 5.97 Å². The molecule has 0 unspecified atom stereocenters. The summed E-state index contributed by atoms with van der Waals surface area (Å²) in [5.74, 6) is -8.50. The van der Waals surface area contributed by atoms with Gasteiger partial charge in [-0.05, 0) is 110 Å². The summed E-state index contributed by atoms with van der Waals surface area (Å²) in [6.07, 6.45) is 0.912. The van der Waals surface area contributed by atoms with Gasteiger partial charge in [-0.3, -0.25) is 48.2 Å². The van der Waals surface area contributed by atoms with Crippen molar-refractivity contribution in [1.29, 1.82) is 5.26 Å². The number of carboxylic acid groups (broad SMARTS) is 1. The molecule has 3 aliphatic heterocycles. The fourth-order valence-electron chi connectivity index (χ4n) is 16.0. The van der Waals surface area contributed by atoms with Crippen LogP contribution in [0.2, 0.25) is 0 Å². The molecule has 9 aromatic rings. The first-order valence-corrected chi connectivity index (χ1v) is 39.5. The van der Waals surface area contributed by atoms with Crippen LogP contribution in [0, 0.1) is 79.2 Å². The third-order valence-electron chi connectivity index (χ3n) is 21.8. The number of aromatic carboxylic acids is 1. The Kier molecular flexibility index (Phi) is 29.1. The minimum absolute atomic E-state index is 0.0191. The second-order valence-electron chi connectivity index (χ2n) is 29.2. The number of carboxylic acids is 1. The molecule has 0 bridgehead atoms. The van der Waals surface area contributed by atoms with Crippen LogP contribution in [0.15, 0.2) is 226 Å². The molecule has 3 fully saturated rings. The molecule has 0 aromatic heterocycles. The SMILES string of the molecule is CCCN1C[C@H](C(=O)c2ccccc2Br)C(c2cccc(F)c2C)[C@@H](C(=O)c2ccccc2Br)C1.Cc1c(C(=O)O)cccc1C1[C@@H](C(=O)c2ccccc2)CN(CC(=O)N(C)C)C[C@@H]1C(=O)c1ccccc1.Cc1c(F)cccc1[C@H]1[C@@H](C(=O)c2ccccc2Br)CN(CC(=O)N(C)C)C[C@@H]1C(=O)c1ccccc1C#N. The minimum Gasteiger partial charge on any atom is -0.478 e. The summed E-state index contributed by atoms with van der Waals surface area (Å²) in [6.45, 7) is 10.1. The van der Waals surface area contributed by atoms with E-state index in [0.717, 1.165) is 27.5 Å².